The number of hydrogen-bond donors (Lipinski definition) is 0. The van der Waals surface area contributed by atoms with Gasteiger partial charge >= 0.3 is 0 Å². The number of likely N-dealkylation sites (tertiary alicyclic amines) is 1. The van der Waals surface area contributed by atoms with Crippen molar-refractivity contribution in [3.63, 3.8) is 0 Å². The summed E-state index contributed by atoms with van der Waals surface area (Å²) in [6, 6.07) is 20.4. The van der Waals surface area contributed by atoms with E-state index in [0.29, 0.717) is 18.9 Å². The zero-order chi connectivity index (χ0) is 20.0. The molecule has 0 aromatic heterocycles. The molecule has 0 unspecified atom stereocenters. The molecule has 0 aliphatic carbocycles. The van der Waals surface area contributed by atoms with Crippen molar-refractivity contribution in [3.8, 4) is 5.75 Å². The van der Waals surface area contributed by atoms with Gasteiger partial charge in [-0.1, -0.05) is 69.3 Å². The highest BCUT2D eigenvalue weighted by molar-refractivity contribution is 5.76. The zero-order valence-electron chi connectivity index (χ0n) is 17.4. The Labute approximate surface area is 169 Å². The number of benzene rings is 2. The molecule has 0 radical (unpaired) electrons. The van der Waals surface area contributed by atoms with Crippen LogP contribution in [0.15, 0.2) is 60.7 Å². The summed E-state index contributed by atoms with van der Waals surface area (Å²) in [6.07, 6.45) is 3.50. The molecule has 1 saturated heterocycles. The van der Waals surface area contributed by atoms with Gasteiger partial charge in [0.15, 0.2) is 0 Å². The van der Waals surface area contributed by atoms with E-state index in [2.05, 4.69) is 49.9 Å². The lowest BCUT2D eigenvalue weighted by Gasteiger charge is -2.32. The van der Waals surface area contributed by atoms with E-state index < -0.39 is 0 Å². The Bertz CT molecular complexity index is 736. The first-order chi connectivity index (χ1) is 13.4. The number of nitrogens with zero attached hydrogens (tertiary/aromatic N) is 1. The molecule has 1 aliphatic rings. The Kier molecular flexibility index (Phi) is 6.77. The molecule has 0 bridgehead atoms. The molecule has 1 amide bonds. The molecule has 1 heterocycles. The molecule has 0 saturated carbocycles. The quantitative estimate of drug-likeness (QED) is 0.677. The highest BCUT2D eigenvalue weighted by Crippen LogP contribution is 2.35. The van der Waals surface area contributed by atoms with Crippen molar-refractivity contribution in [2.45, 2.75) is 52.5 Å². The van der Waals surface area contributed by atoms with Gasteiger partial charge in [-0.2, -0.15) is 0 Å². The Morgan fingerprint density at radius 1 is 1.00 bits per heavy atom. The third-order valence-corrected chi connectivity index (χ3v) is 5.91. The monoisotopic (exact) mass is 379 g/mol. The molecule has 1 aliphatic heterocycles. The average molecular weight is 380 g/mol. The lowest BCUT2D eigenvalue weighted by atomic mass is 9.76. The van der Waals surface area contributed by atoms with Crippen LogP contribution in [0.5, 0.6) is 5.75 Å². The summed E-state index contributed by atoms with van der Waals surface area (Å²) in [5.74, 6) is 1.70. The van der Waals surface area contributed by atoms with Crippen LogP contribution in [-0.2, 0) is 11.2 Å². The maximum absolute atomic E-state index is 13.0. The minimum absolute atomic E-state index is 0.0498. The van der Waals surface area contributed by atoms with E-state index >= 15 is 0 Å². The number of amides is 1. The molecule has 28 heavy (non-hydrogen) atoms. The van der Waals surface area contributed by atoms with Crippen molar-refractivity contribution in [1.29, 1.82) is 0 Å². The fraction of sp³-hybridized carbons (Fsp3) is 0.480. The van der Waals surface area contributed by atoms with Crippen LogP contribution in [0.1, 0.15) is 45.6 Å². The fourth-order valence-corrected chi connectivity index (χ4v) is 4.11. The largest absolute Gasteiger partial charge is 0.491 e. The first-order valence-corrected chi connectivity index (χ1v) is 10.4. The van der Waals surface area contributed by atoms with Crippen molar-refractivity contribution >= 4 is 5.91 Å². The van der Waals surface area contributed by atoms with Gasteiger partial charge in [-0.15, -0.1) is 0 Å². The molecule has 0 spiro atoms. The molecular weight excluding hydrogens is 346 g/mol. The van der Waals surface area contributed by atoms with E-state index in [1.54, 1.807) is 0 Å². The van der Waals surface area contributed by atoms with Crippen LogP contribution >= 0.6 is 0 Å². The lowest BCUT2D eigenvalue weighted by molar-refractivity contribution is -0.133. The fourth-order valence-electron chi connectivity index (χ4n) is 4.11. The summed E-state index contributed by atoms with van der Waals surface area (Å²) >= 11 is 0. The Morgan fingerprint density at radius 2 is 1.64 bits per heavy atom. The smallest absolute Gasteiger partial charge is 0.222 e. The molecule has 2 aromatic rings. The van der Waals surface area contributed by atoms with Gasteiger partial charge in [-0.3, -0.25) is 4.79 Å². The van der Waals surface area contributed by atoms with Gasteiger partial charge in [0, 0.05) is 13.0 Å². The van der Waals surface area contributed by atoms with Crippen LogP contribution in [0.25, 0.3) is 0 Å². The summed E-state index contributed by atoms with van der Waals surface area (Å²) in [6.45, 7) is 8.20. The van der Waals surface area contributed by atoms with Crippen LogP contribution in [0.4, 0.5) is 0 Å². The SMILES string of the molecule is CC(C)(C)[C@H]1CCC(=O)N([C@H](COc2ccccc2)Cc2ccccc2)CC1. The van der Waals surface area contributed by atoms with Crippen molar-refractivity contribution in [3.05, 3.63) is 66.2 Å². The van der Waals surface area contributed by atoms with E-state index in [9.17, 15) is 4.79 Å². The molecule has 3 heteroatoms. The van der Waals surface area contributed by atoms with Gasteiger partial charge in [0.1, 0.15) is 12.4 Å². The number of para-hydroxylation sites is 1. The summed E-state index contributed by atoms with van der Waals surface area (Å²) in [7, 11) is 0. The minimum atomic E-state index is 0.0498. The van der Waals surface area contributed by atoms with E-state index in [-0.39, 0.29) is 17.4 Å². The van der Waals surface area contributed by atoms with Crippen LogP contribution < -0.4 is 4.74 Å². The van der Waals surface area contributed by atoms with Crippen LogP contribution in [0, 0.1) is 11.3 Å². The van der Waals surface area contributed by atoms with Gasteiger partial charge in [0.2, 0.25) is 5.91 Å². The molecule has 0 N–H and O–H groups in total. The minimum Gasteiger partial charge on any atom is -0.491 e. The Balaban J connectivity index is 1.75. The second kappa shape index (κ2) is 9.27. The van der Waals surface area contributed by atoms with Crippen LogP contribution in [-0.4, -0.2) is 30.0 Å². The first kappa shape index (κ1) is 20.4. The van der Waals surface area contributed by atoms with Crippen LogP contribution in [0.2, 0.25) is 0 Å². The zero-order valence-corrected chi connectivity index (χ0v) is 17.4. The van der Waals surface area contributed by atoms with Gasteiger partial charge < -0.3 is 9.64 Å². The van der Waals surface area contributed by atoms with E-state index in [1.807, 2.05) is 36.4 Å². The predicted octanol–water partition coefficient (Wildman–Crippen LogP) is 5.35. The first-order valence-electron chi connectivity index (χ1n) is 10.4. The summed E-state index contributed by atoms with van der Waals surface area (Å²) in [4.78, 5) is 15.1. The molecule has 1 fully saturated rings. The molecule has 3 rings (SSSR count). The normalized spacial score (nSPS) is 19.2. The Hall–Kier alpha value is -2.29. The lowest BCUT2D eigenvalue weighted by Crippen LogP contribution is -2.45. The molecular formula is C25H33NO2. The highest BCUT2D eigenvalue weighted by atomic mass is 16.5. The summed E-state index contributed by atoms with van der Waals surface area (Å²) in [5, 5.41) is 0. The number of ether oxygens (including phenoxy) is 1. The van der Waals surface area contributed by atoms with Crippen molar-refractivity contribution in [2.24, 2.45) is 11.3 Å². The van der Waals surface area contributed by atoms with Gasteiger partial charge in [-0.25, -0.2) is 0 Å². The van der Waals surface area contributed by atoms with Crippen molar-refractivity contribution < 1.29 is 9.53 Å². The van der Waals surface area contributed by atoms with E-state index in [4.69, 9.17) is 4.74 Å². The van der Waals surface area contributed by atoms with Gasteiger partial charge in [0.25, 0.3) is 0 Å². The predicted molar refractivity (Wildman–Crippen MR) is 114 cm³/mol. The van der Waals surface area contributed by atoms with Gasteiger partial charge in [0.05, 0.1) is 6.04 Å². The molecule has 2 aromatic carbocycles. The average Bonchev–Trinajstić information content (AvgIpc) is 2.88. The topological polar surface area (TPSA) is 29.5 Å². The van der Waals surface area contributed by atoms with E-state index in [1.165, 1.54) is 5.56 Å². The molecule has 2 atom stereocenters. The maximum atomic E-state index is 13.0. The third-order valence-electron chi connectivity index (χ3n) is 5.91. The van der Waals surface area contributed by atoms with Gasteiger partial charge in [-0.05, 0) is 48.3 Å². The van der Waals surface area contributed by atoms with Crippen molar-refractivity contribution in [1.82, 2.24) is 4.90 Å². The highest BCUT2D eigenvalue weighted by Gasteiger charge is 2.33. The number of carbonyl (C=O) groups excluding carboxylic acids is 1. The standard InChI is InChI=1S/C25H33NO2/c1-25(2,3)21-14-15-24(27)26(17-16-21)22(18-20-10-6-4-7-11-20)19-28-23-12-8-5-9-13-23/h4-13,21-22H,14-19H2,1-3H3/t21-,22-/m0/s1. The maximum Gasteiger partial charge on any atom is 0.222 e. The second-order valence-corrected chi connectivity index (χ2v) is 8.95. The van der Waals surface area contributed by atoms with E-state index in [0.717, 1.165) is 31.6 Å². The molecule has 150 valence electrons. The molecule has 3 nitrogen and oxygen atoms in total. The summed E-state index contributed by atoms with van der Waals surface area (Å²) < 4.78 is 6.08. The van der Waals surface area contributed by atoms with Crippen molar-refractivity contribution in [2.75, 3.05) is 13.2 Å². The number of rotatable bonds is 6. The third kappa shape index (κ3) is 5.60. The number of hydrogen-bond acceptors (Lipinski definition) is 2. The number of carbonyl (C=O) groups is 1. The summed E-state index contributed by atoms with van der Waals surface area (Å²) in [5.41, 5.74) is 1.49. The van der Waals surface area contributed by atoms with Crippen LogP contribution in [0.3, 0.4) is 0 Å². The Morgan fingerprint density at radius 3 is 2.29 bits per heavy atom. The second-order valence-electron chi connectivity index (χ2n) is 8.95.